The van der Waals surface area contributed by atoms with E-state index in [1.165, 1.54) is 24.3 Å². The molecule has 1 fully saturated rings. The van der Waals surface area contributed by atoms with Crippen LogP contribution in [0.5, 0.6) is 0 Å². The zero-order chi connectivity index (χ0) is 23.5. The fourth-order valence-electron chi connectivity index (χ4n) is 3.60. The van der Waals surface area contributed by atoms with Crippen LogP contribution in [0, 0.1) is 5.82 Å². The molecule has 0 radical (unpaired) electrons. The molecule has 2 aromatic carbocycles. The number of rotatable bonds is 3. The highest BCUT2D eigenvalue weighted by atomic mass is 35.5. The van der Waals surface area contributed by atoms with Crippen LogP contribution in [-0.2, 0) is 16.1 Å². The first-order chi connectivity index (χ1) is 14.9. The number of carbonyl (C=O) groups is 1. The predicted octanol–water partition coefficient (Wildman–Crippen LogP) is 5.03. The Labute approximate surface area is 188 Å². The van der Waals surface area contributed by atoms with Crippen LogP contribution in [0.2, 0.25) is 10.0 Å². The number of nitrogens with zero attached hydrogens (tertiary/aromatic N) is 1. The molecule has 2 aliphatic heterocycles. The van der Waals surface area contributed by atoms with E-state index >= 15 is 0 Å². The van der Waals surface area contributed by atoms with Gasteiger partial charge in [-0.05, 0) is 29.3 Å². The summed E-state index contributed by atoms with van der Waals surface area (Å²) in [5.74, 6) is -1.05. The Balaban J connectivity index is 1.67. The average molecular weight is 494 g/mol. The van der Waals surface area contributed by atoms with Crippen LogP contribution in [0.3, 0.4) is 0 Å². The third kappa shape index (κ3) is 3.56. The monoisotopic (exact) mass is 493 g/mol. The van der Waals surface area contributed by atoms with Crippen molar-refractivity contribution in [2.75, 3.05) is 13.1 Å². The summed E-state index contributed by atoms with van der Waals surface area (Å²) < 4.78 is 70.7. The van der Waals surface area contributed by atoms with E-state index in [4.69, 9.17) is 33.8 Å². The number of hydrogen-bond acceptors (Lipinski definition) is 3. The number of halogens is 7. The molecule has 32 heavy (non-hydrogen) atoms. The number of amides is 2. The largest absolute Gasteiger partial charge is 0.428 e. The van der Waals surface area contributed by atoms with Gasteiger partial charge in [-0.25, -0.2) is 13.6 Å². The Morgan fingerprint density at radius 2 is 1.66 bits per heavy atom. The van der Waals surface area contributed by atoms with Gasteiger partial charge in [-0.15, -0.1) is 0 Å². The van der Waals surface area contributed by atoms with E-state index in [0.29, 0.717) is 0 Å². The Morgan fingerprint density at radius 3 is 2.16 bits per heavy atom. The quantitative estimate of drug-likeness (QED) is 0.465. The number of nitrogens with one attached hydrogen (secondary N) is 1. The van der Waals surface area contributed by atoms with Gasteiger partial charge in [0.2, 0.25) is 5.60 Å². The molecule has 4 rings (SSSR count). The van der Waals surface area contributed by atoms with Crippen molar-refractivity contribution in [3.8, 4) is 0 Å². The Hall–Kier alpha value is -2.56. The maximum Gasteiger partial charge on any atom is 0.428 e. The van der Waals surface area contributed by atoms with Crippen molar-refractivity contribution in [3.63, 3.8) is 0 Å². The molecule has 0 spiro atoms. The highest BCUT2D eigenvalue weighted by Crippen LogP contribution is 2.48. The summed E-state index contributed by atoms with van der Waals surface area (Å²) in [7, 11) is 0. The lowest BCUT2D eigenvalue weighted by atomic mass is 9.87. The zero-order valence-electron chi connectivity index (χ0n) is 15.9. The zero-order valence-corrected chi connectivity index (χ0v) is 17.5. The first kappa shape index (κ1) is 22.6. The van der Waals surface area contributed by atoms with Crippen molar-refractivity contribution >= 4 is 34.9 Å². The highest BCUT2D eigenvalue weighted by Gasteiger charge is 2.60. The molecule has 170 valence electrons. The number of hydroxylamine groups is 1. The van der Waals surface area contributed by atoms with E-state index in [1.54, 1.807) is 0 Å². The molecule has 2 amide bonds. The Bertz CT molecular complexity index is 1090. The summed E-state index contributed by atoms with van der Waals surface area (Å²) >= 11 is 11.4. The molecule has 1 saturated heterocycles. The van der Waals surface area contributed by atoms with Crippen LogP contribution in [0.4, 0.5) is 26.7 Å². The van der Waals surface area contributed by atoms with Crippen LogP contribution >= 0.6 is 23.2 Å². The second-order valence-corrected chi connectivity index (χ2v) is 8.30. The van der Waals surface area contributed by atoms with Crippen molar-refractivity contribution in [2.24, 2.45) is 5.73 Å². The number of primary amides is 1. The lowest BCUT2D eigenvalue weighted by Gasteiger charge is -2.43. The third-order valence-corrected chi connectivity index (χ3v) is 5.96. The van der Waals surface area contributed by atoms with Gasteiger partial charge >= 0.3 is 12.2 Å². The summed E-state index contributed by atoms with van der Waals surface area (Å²) in [5.41, 5.74) is 2.50. The van der Waals surface area contributed by atoms with Crippen LogP contribution < -0.4 is 11.2 Å². The number of urea groups is 1. The normalized spacial score (nSPS) is 22.2. The number of benzene rings is 2. The maximum absolute atomic E-state index is 14.9. The number of alkyl halides is 4. The molecule has 0 aromatic heterocycles. The smallest absolute Gasteiger partial charge is 0.351 e. The molecule has 2 heterocycles. The predicted molar refractivity (Wildman–Crippen MR) is 107 cm³/mol. The van der Waals surface area contributed by atoms with Gasteiger partial charge in [0.05, 0.1) is 28.8 Å². The number of hydrogen-bond donors (Lipinski definition) is 2. The van der Waals surface area contributed by atoms with E-state index < -0.39 is 44.9 Å². The summed E-state index contributed by atoms with van der Waals surface area (Å²) in [6.45, 7) is -0.427. The van der Waals surface area contributed by atoms with Crippen LogP contribution in [0.15, 0.2) is 42.5 Å². The van der Waals surface area contributed by atoms with E-state index in [9.17, 15) is 26.7 Å². The highest BCUT2D eigenvalue weighted by molar-refractivity contribution is 6.35. The minimum absolute atomic E-state index is 0.0503. The van der Waals surface area contributed by atoms with Gasteiger partial charge in [0.15, 0.2) is 11.5 Å². The second-order valence-electron chi connectivity index (χ2n) is 7.49. The van der Waals surface area contributed by atoms with Crippen molar-refractivity contribution in [1.82, 2.24) is 10.4 Å². The molecular weight excluding hydrogens is 480 g/mol. The van der Waals surface area contributed by atoms with Crippen molar-refractivity contribution in [3.05, 3.63) is 75.0 Å². The molecule has 12 heteroatoms. The molecule has 5 nitrogen and oxygen atoms in total. The first-order valence-corrected chi connectivity index (χ1v) is 9.85. The second kappa shape index (κ2) is 7.50. The number of carbonyl (C=O) groups excluding carboxylic acids is 1. The number of nitrogens with two attached hydrogens (primary N) is 1. The van der Waals surface area contributed by atoms with Gasteiger partial charge in [-0.2, -0.15) is 13.2 Å². The fraction of sp³-hybridized carbons (Fsp3) is 0.250. The van der Waals surface area contributed by atoms with Gasteiger partial charge in [0, 0.05) is 5.56 Å². The Kier molecular flexibility index (Phi) is 5.30. The topological polar surface area (TPSA) is 67.6 Å². The van der Waals surface area contributed by atoms with Gasteiger partial charge in [0.1, 0.15) is 0 Å². The van der Waals surface area contributed by atoms with Crippen LogP contribution in [-0.4, -0.2) is 30.2 Å². The average Bonchev–Trinajstić information content (AvgIpc) is 3.16. The molecule has 0 aliphatic carbocycles. The lowest BCUT2D eigenvalue weighted by molar-refractivity contribution is -0.269. The summed E-state index contributed by atoms with van der Waals surface area (Å²) in [4.78, 5) is 17.1. The van der Waals surface area contributed by atoms with Gasteiger partial charge in [-0.3, -0.25) is 10.3 Å². The fourth-order valence-corrected chi connectivity index (χ4v) is 4.09. The van der Waals surface area contributed by atoms with E-state index in [-0.39, 0.29) is 29.9 Å². The molecule has 3 N–H and O–H groups in total. The van der Waals surface area contributed by atoms with E-state index in [1.807, 2.05) is 0 Å². The summed E-state index contributed by atoms with van der Waals surface area (Å²) in [6, 6.07) is 6.44. The van der Waals surface area contributed by atoms with Crippen molar-refractivity contribution in [1.29, 1.82) is 0 Å². The van der Waals surface area contributed by atoms with Crippen LogP contribution in [0.25, 0.3) is 5.70 Å². The van der Waals surface area contributed by atoms with E-state index in [0.717, 1.165) is 23.1 Å². The SMILES string of the molecule is NC(=O)N1CC(F)(c2ccc(C3=CC(c4cc(Cl)c(F)c(Cl)c4)(C(F)(F)F)ON3)cc2)C1. The third-order valence-electron chi connectivity index (χ3n) is 5.41. The standard InChI is InChI=1S/C20H14Cl2F5N3O2/c21-13-5-12(6-14(22)16(13)23)19(20(25,26)27)7-15(29-32-19)10-1-3-11(4-2-10)18(24)8-30(9-18)17(28)31/h1-7,29H,8-9H2,(H2,28,31). The first-order valence-electron chi connectivity index (χ1n) is 9.09. The van der Waals surface area contributed by atoms with Gasteiger partial charge in [0.25, 0.3) is 0 Å². The Morgan fingerprint density at radius 1 is 1.09 bits per heavy atom. The molecule has 2 aromatic rings. The molecule has 1 unspecified atom stereocenters. The minimum atomic E-state index is -4.96. The minimum Gasteiger partial charge on any atom is -0.351 e. The van der Waals surface area contributed by atoms with Crippen LogP contribution in [0.1, 0.15) is 16.7 Å². The van der Waals surface area contributed by atoms with Crippen molar-refractivity contribution < 1.29 is 31.6 Å². The molecular formula is C20H14Cl2F5N3O2. The summed E-state index contributed by atoms with van der Waals surface area (Å²) in [6.07, 6.45) is -4.19. The van der Waals surface area contributed by atoms with E-state index in [2.05, 4.69) is 5.48 Å². The van der Waals surface area contributed by atoms with Gasteiger partial charge < -0.3 is 10.6 Å². The maximum atomic E-state index is 14.9. The van der Waals surface area contributed by atoms with Gasteiger partial charge in [-0.1, -0.05) is 47.5 Å². The summed E-state index contributed by atoms with van der Waals surface area (Å²) in [5, 5.41) is -1.19. The lowest BCUT2D eigenvalue weighted by Crippen LogP contribution is -2.60. The molecule has 0 bridgehead atoms. The number of likely N-dealkylation sites (tertiary alicyclic amines) is 1. The molecule has 2 aliphatic rings. The molecule has 0 saturated carbocycles. The molecule has 1 atom stereocenters. The van der Waals surface area contributed by atoms with Crippen molar-refractivity contribution in [2.45, 2.75) is 17.4 Å².